The molecule has 1 rings (SSSR count). The lowest BCUT2D eigenvalue weighted by atomic mass is 9.87. The molecular formula is C17H24N2O5. The third-order valence-electron chi connectivity index (χ3n) is 3.17. The first-order valence-corrected chi connectivity index (χ1v) is 7.58. The number of carbonyl (C=O) groups excluding carboxylic acids is 3. The molecule has 1 aromatic rings. The van der Waals surface area contributed by atoms with Crippen LogP contribution in [0.2, 0.25) is 0 Å². The van der Waals surface area contributed by atoms with Gasteiger partial charge < -0.3 is 14.8 Å². The minimum atomic E-state index is -0.704. The summed E-state index contributed by atoms with van der Waals surface area (Å²) < 4.78 is 9.64. The van der Waals surface area contributed by atoms with Crippen LogP contribution in [0, 0.1) is 0 Å². The molecule has 0 aromatic heterocycles. The van der Waals surface area contributed by atoms with Crippen molar-refractivity contribution in [1.29, 1.82) is 0 Å². The van der Waals surface area contributed by atoms with Gasteiger partial charge in [0.05, 0.1) is 12.2 Å². The zero-order valence-corrected chi connectivity index (χ0v) is 14.5. The molecule has 132 valence electrons. The molecule has 24 heavy (non-hydrogen) atoms. The molecule has 2 N–H and O–H groups in total. The average Bonchev–Trinajstić information content (AvgIpc) is 2.52. The Morgan fingerprint density at radius 2 is 1.71 bits per heavy atom. The molecule has 0 fully saturated rings. The molecule has 0 aliphatic rings. The molecule has 0 aliphatic carbocycles. The number of rotatable bonds is 6. The Morgan fingerprint density at radius 3 is 2.25 bits per heavy atom. The summed E-state index contributed by atoms with van der Waals surface area (Å²) in [6, 6.07) is 6.33. The van der Waals surface area contributed by atoms with E-state index in [1.807, 2.05) is 12.1 Å². The number of esters is 1. The molecule has 0 saturated carbocycles. The summed E-state index contributed by atoms with van der Waals surface area (Å²) in [7, 11) is 1.50. The summed E-state index contributed by atoms with van der Waals surface area (Å²) in [6.07, 6.45) is 0. The van der Waals surface area contributed by atoms with Crippen molar-refractivity contribution in [3.05, 3.63) is 35.4 Å². The SMILES string of the molecule is COCCNC(=O)NC(=O)COC(=O)c1ccc(C(C)(C)C)cc1. The van der Waals surface area contributed by atoms with Gasteiger partial charge in [-0.05, 0) is 23.1 Å². The number of amides is 3. The van der Waals surface area contributed by atoms with Crippen LogP contribution in [0.15, 0.2) is 24.3 Å². The molecule has 0 unspecified atom stereocenters. The third-order valence-corrected chi connectivity index (χ3v) is 3.17. The summed E-state index contributed by atoms with van der Waals surface area (Å²) in [5.74, 6) is -1.32. The summed E-state index contributed by atoms with van der Waals surface area (Å²) in [6.45, 7) is 6.29. The second-order valence-corrected chi connectivity index (χ2v) is 6.20. The van der Waals surface area contributed by atoms with Gasteiger partial charge in [-0.3, -0.25) is 10.1 Å². The predicted molar refractivity (Wildman–Crippen MR) is 88.8 cm³/mol. The molecule has 0 spiro atoms. The van der Waals surface area contributed by atoms with Gasteiger partial charge in [0.2, 0.25) is 0 Å². The van der Waals surface area contributed by atoms with Gasteiger partial charge in [0.25, 0.3) is 5.91 Å². The molecule has 0 radical (unpaired) electrons. The molecular weight excluding hydrogens is 312 g/mol. The van der Waals surface area contributed by atoms with Crippen molar-refractivity contribution in [3.63, 3.8) is 0 Å². The van der Waals surface area contributed by atoms with Crippen LogP contribution in [0.5, 0.6) is 0 Å². The highest BCUT2D eigenvalue weighted by Gasteiger charge is 2.16. The maximum atomic E-state index is 11.9. The summed E-state index contributed by atoms with van der Waals surface area (Å²) in [5, 5.41) is 4.47. The number of carbonyl (C=O) groups is 3. The Labute approximate surface area is 141 Å². The molecule has 1 aromatic carbocycles. The number of methoxy groups -OCH3 is 1. The molecule has 0 bridgehead atoms. The van der Waals surface area contributed by atoms with Gasteiger partial charge in [-0.15, -0.1) is 0 Å². The lowest BCUT2D eigenvalue weighted by molar-refractivity contribution is -0.123. The molecule has 7 nitrogen and oxygen atoms in total. The molecule has 0 saturated heterocycles. The van der Waals surface area contributed by atoms with E-state index in [9.17, 15) is 14.4 Å². The zero-order valence-electron chi connectivity index (χ0n) is 14.5. The van der Waals surface area contributed by atoms with Gasteiger partial charge in [-0.2, -0.15) is 0 Å². The molecule has 0 aliphatic heterocycles. The fourth-order valence-corrected chi connectivity index (χ4v) is 1.79. The van der Waals surface area contributed by atoms with E-state index in [-0.39, 0.29) is 12.0 Å². The fraction of sp³-hybridized carbons (Fsp3) is 0.471. The maximum Gasteiger partial charge on any atom is 0.338 e. The summed E-state index contributed by atoms with van der Waals surface area (Å²) in [4.78, 5) is 34.7. The smallest absolute Gasteiger partial charge is 0.338 e. The van der Waals surface area contributed by atoms with Crippen LogP contribution in [0.3, 0.4) is 0 Å². The second-order valence-electron chi connectivity index (χ2n) is 6.20. The highest BCUT2D eigenvalue weighted by molar-refractivity contribution is 5.97. The van der Waals surface area contributed by atoms with E-state index >= 15 is 0 Å². The van der Waals surface area contributed by atoms with Crippen molar-refractivity contribution < 1.29 is 23.9 Å². The van der Waals surface area contributed by atoms with Gasteiger partial charge in [0, 0.05) is 13.7 Å². The molecule has 0 heterocycles. The zero-order chi connectivity index (χ0) is 18.2. The number of hydrogen-bond donors (Lipinski definition) is 2. The first-order chi connectivity index (χ1) is 11.2. The Kier molecular flexibility index (Phi) is 7.38. The van der Waals surface area contributed by atoms with Gasteiger partial charge >= 0.3 is 12.0 Å². The van der Waals surface area contributed by atoms with Crippen LogP contribution in [-0.2, 0) is 19.7 Å². The molecule has 0 atom stereocenters. The van der Waals surface area contributed by atoms with Crippen molar-refractivity contribution in [2.75, 3.05) is 26.9 Å². The minimum Gasteiger partial charge on any atom is -0.452 e. The van der Waals surface area contributed by atoms with Crippen LogP contribution < -0.4 is 10.6 Å². The molecule has 3 amide bonds. The van der Waals surface area contributed by atoms with E-state index in [0.717, 1.165) is 5.56 Å². The van der Waals surface area contributed by atoms with Crippen LogP contribution >= 0.6 is 0 Å². The van der Waals surface area contributed by atoms with Crippen molar-refractivity contribution in [2.24, 2.45) is 0 Å². The lowest BCUT2D eigenvalue weighted by Crippen LogP contribution is -2.42. The normalized spacial score (nSPS) is 10.8. The lowest BCUT2D eigenvalue weighted by Gasteiger charge is -2.18. The van der Waals surface area contributed by atoms with Crippen LogP contribution in [0.4, 0.5) is 4.79 Å². The Hall–Kier alpha value is -2.41. The van der Waals surface area contributed by atoms with Crippen molar-refractivity contribution >= 4 is 17.9 Å². The average molecular weight is 336 g/mol. The van der Waals surface area contributed by atoms with Gasteiger partial charge in [0.1, 0.15) is 0 Å². The Bertz CT molecular complexity index is 576. The maximum absolute atomic E-state index is 11.9. The fourth-order valence-electron chi connectivity index (χ4n) is 1.79. The number of ether oxygens (including phenoxy) is 2. The second kappa shape index (κ2) is 9.02. The Morgan fingerprint density at radius 1 is 1.08 bits per heavy atom. The number of imide groups is 1. The number of benzene rings is 1. The van der Waals surface area contributed by atoms with E-state index in [2.05, 4.69) is 31.4 Å². The van der Waals surface area contributed by atoms with E-state index in [0.29, 0.717) is 12.2 Å². The van der Waals surface area contributed by atoms with E-state index in [1.54, 1.807) is 12.1 Å². The summed E-state index contributed by atoms with van der Waals surface area (Å²) >= 11 is 0. The van der Waals surface area contributed by atoms with Crippen molar-refractivity contribution in [3.8, 4) is 0 Å². The predicted octanol–water partition coefficient (Wildman–Crippen LogP) is 1.61. The Balaban J connectivity index is 2.42. The van der Waals surface area contributed by atoms with Gasteiger partial charge in [-0.25, -0.2) is 9.59 Å². The minimum absolute atomic E-state index is 0.0154. The van der Waals surface area contributed by atoms with Crippen LogP contribution in [0.25, 0.3) is 0 Å². The topological polar surface area (TPSA) is 93.7 Å². The number of hydrogen-bond acceptors (Lipinski definition) is 5. The van der Waals surface area contributed by atoms with Gasteiger partial charge in [-0.1, -0.05) is 32.9 Å². The van der Waals surface area contributed by atoms with Crippen LogP contribution in [-0.4, -0.2) is 44.8 Å². The monoisotopic (exact) mass is 336 g/mol. The first-order valence-electron chi connectivity index (χ1n) is 7.58. The standard InChI is InChI=1S/C17H24N2O5/c1-17(2,3)13-7-5-12(6-8-13)15(21)24-11-14(20)19-16(22)18-9-10-23-4/h5-8H,9-11H2,1-4H3,(H2,18,19,20,22). The number of nitrogens with one attached hydrogen (secondary N) is 2. The van der Waals surface area contributed by atoms with E-state index in [4.69, 9.17) is 9.47 Å². The third kappa shape index (κ3) is 6.78. The highest BCUT2D eigenvalue weighted by Crippen LogP contribution is 2.22. The van der Waals surface area contributed by atoms with E-state index in [1.165, 1.54) is 7.11 Å². The van der Waals surface area contributed by atoms with Crippen LogP contribution in [0.1, 0.15) is 36.7 Å². The van der Waals surface area contributed by atoms with E-state index < -0.39 is 24.5 Å². The summed E-state index contributed by atoms with van der Waals surface area (Å²) in [5.41, 5.74) is 1.42. The highest BCUT2D eigenvalue weighted by atomic mass is 16.5. The molecule has 7 heteroatoms. The largest absolute Gasteiger partial charge is 0.452 e. The first kappa shape index (κ1) is 19.6. The number of urea groups is 1. The quantitative estimate of drug-likeness (QED) is 0.608. The van der Waals surface area contributed by atoms with Crippen molar-refractivity contribution in [1.82, 2.24) is 10.6 Å². The van der Waals surface area contributed by atoms with Crippen molar-refractivity contribution in [2.45, 2.75) is 26.2 Å². The van der Waals surface area contributed by atoms with Gasteiger partial charge in [0.15, 0.2) is 6.61 Å².